The highest BCUT2D eigenvalue weighted by molar-refractivity contribution is 9.10. The monoisotopic (exact) mass is 491 g/mol. The maximum Gasteiger partial charge on any atom is 0.262 e. The van der Waals surface area contributed by atoms with Crippen LogP contribution in [-0.2, 0) is 24.5 Å². The average Bonchev–Trinajstić information content (AvgIpc) is 3.27. The summed E-state index contributed by atoms with van der Waals surface area (Å²) in [4.78, 5) is 15.2. The minimum absolute atomic E-state index is 0.0739. The molecule has 0 spiro atoms. The van der Waals surface area contributed by atoms with E-state index in [1.165, 1.54) is 0 Å². The Morgan fingerprint density at radius 3 is 2.80 bits per heavy atom. The number of hydrogen-bond donors (Lipinski definition) is 0. The molecule has 0 aliphatic heterocycles. The van der Waals surface area contributed by atoms with Crippen molar-refractivity contribution < 1.29 is 9.15 Å². The third-order valence-electron chi connectivity index (χ3n) is 4.84. The van der Waals surface area contributed by atoms with Gasteiger partial charge in [0.15, 0.2) is 4.67 Å². The molecule has 158 valence electrons. The average molecular weight is 492 g/mol. The summed E-state index contributed by atoms with van der Waals surface area (Å²) in [6.45, 7) is 2.12. The van der Waals surface area contributed by atoms with Crippen molar-refractivity contribution >= 4 is 44.8 Å². The number of furan rings is 1. The van der Waals surface area contributed by atoms with Crippen LogP contribution in [-0.4, -0.2) is 44.4 Å². The van der Waals surface area contributed by atoms with Gasteiger partial charge in [0.1, 0.15) is 5.76 Å². The van der Waals surface area contributed by atoms with Crippen LogP contribution in [0.2, 0.25) is 0 Å². The van der Waals surface area contributed by atoms with Gasteiger partial charge >= 0.3 is 0 Å². The van der Waals surface area contributed by atoms with Crippen LogP contribution in [0, 0.1) is 4.77 Å². The molecule has 0 bridgehead atoms. The highest BCUT2D eigenvalue weighted by Gasteiger charge is 2.16. The van der Waals surface area contributed by atoms with E-state index in [9.17, 15) is 4.79 Å². The molecule has 0 fully saturated rings. The first-order valence-corrected chi connectivity index (χ1v) is 10.7. The van der Waals surface area contributed by atoms with Crippen LogP contribution < -0.4 is 5.56 Å². The van der Waals surface area contributed by atoms with E-state index in [-0.39, 0.29) is 5.56 Å². The molecular formula is C20H22BrN5O3S. The maximum absolute atomic E-state index is 13.1. The van der Waals surface area contributed by atoms with E-state index >= 15 is 0 Å². The summed E-state index contributed by atoms with van der Waals surface area (Å²) < 4.78 is 17.3. The number of halogens is 1. The molecule has 0 radical (unpaired) electrons. The Morgan fingerprint density at radius 1 is 1.27 bits per heavy atom. The molecule has 0 atom stereocenters. The van der Waals surface area contributed by atoms with Gasteiger partial charge in [0.2, 0.25) is 10.5 Å². The Kier molecular flexibility index (Phi) is 6.19. The van der Waals surface area contributed by atoms with E-state index in [4.69, 9.17) is 26.5 Å². The van der Waals surface area contributed by atoms with Crippen molar-refractivity contribution in [3.05, 3.63) is 62.0 Å². The number of para-hydroxylation sites is 1. The summed E-state index contributed by atoms with van der Waals surface area (Å²) in [6.07, 6.45) is 0.706. The van der Waals surface area contributed by atoms with Gasteiger partial charge in [0.25, 0.3) is 5.56 Å². The first-order valence-electron chi connectivity index (χ1n) is 9.52. The molecule has 0 N–H and O–H groups in total. The number of nitrogens with zero attached hydrogens (tertiary/aromatic N) is 5. The fourth-order valence-corrected chi connectivity index (χ4v) is 4.13. The van der Waals surface area contributed by atoms with Crippen molar-refractivity contribution in [1.82, 2.24) is 23.6 Å². The van der Waals surface area contributed by atoms with Gasteiger partial charge in [-0.05, 0) is 65.9 Å². The van der Waals surface area contributed by atoms with Crippen molar-refractivity contribution in [2.45, 2.75) is 26.2 Å². The second-order valence-corrected chi connectivity index (χ2v) is 8.25. The van der Waals surface area contributed by atoms with Gasteiger partial charge in [-0.25, -0.2) is 4.68 Å². The van der Waals surface area contributed by atoms with Gasteiger partial charge < -0.3 is 9.15 Å². The molecule has 0 saturated carbocycles. The Hall–Kier alpha value is -2.27. The quantitative estimate of drug-likeness (QED) is 0.276. The normalized spacial score (nSPS) is 11.9. The lowest BCUT2D eigenvalue weighted by atomic mass is 10.2. The van der Waals surface area contributed by atoms with Crippen molar-refractivity contribution in [3.63, 3.8) is 0 Å². The summed E-state index contributed by atoms with van der Waals surface area (Å²) in [6, 6.07) is 11.3. The standard InChI is InChI=1S/C20H22BrN5O3S/c1-23(12-14-8-9-17(21)29-14)13-25-20(30)26-16-7-4-3-6-15(16)18(27)24(19(26)22-25)10-5-11-28-2/h3-4,6-9H,5,10-13H2,1-2H3. The summed E-state index contributed by atoms with van der Waals surface area (Å²) in [5.74, 6) is 1.37. The van der Waals surface area contributed by atoms with Crippen LogP contribution >= 0.6 is 28.1 Å². The van der Waals surface area contributed by atoms with E-state index in [0.29, 0.717) is 53.4 Å². The van der Waals surface area contributed by atoms with E-state index < -0.39 is 0 Å². The molecule has 8 nitrogen and oxygen atoms in total. The summed E-state index contributed by atoms with van der Waals surface area (Å²) >= 11 is 9.07. The number of benzene rings is 1. The number of aryl methyl sites for hydroxylation is 1. The molecule has 0 aliphatic carbocycles. The summed E-state index contributed by atoms with van der Waals surface area (Å²) in [7, 11) is 3.61. The molecule has 1 aromatic carbocycles. The van der Waals surface area contributed by atoms with Gasteiger partial charge in [-0.2, -0.15) is 0 Å². The second-order valence-electron chi connectivity index (χ2n) is 7.10. The lowest BCUT2D eigenvalue weighted by Crippen LogP contribution is -2.24. The van der Waals surface area contributed by atoms with E-state index in [1.54, 1.807) is 16.4 Å². The van der Waals surface area contributed by atoms with E-state index in [1.807, 2.05) is 52.7 Å². The van der Waals surface area contributed by atoms with Crippen LogP contribution in [0.4, 0.5) is 0 Å². The van der Waals surface area contributed by atoms with Crippen LogP contribution in [0.1, 0.15) is 12.2 Å². The molecule has 3 aromatic heterocycles. The number of aromatic nitrogens is 4. The highest BCUT2D eigenvalue weighted by atomic mass is 79.9. The minimum Gasteiger partial charge on any atom is -0.453 e. The molecule has 0 aliphatic rings. The number of fused-ring (bicyclic) bond motifs is 3. The molecule has 3 heterocycles. The van der Waals surface area contributed by atoms with Crippen LogP contribution in [0.15, 0.2) is 50.3 Å². The SMILES string of the molecule is COCCCn1c(=O)c2ccccc2n2c(=S)n(CN(C)Cc3ccc(Br)o3)nc12. The lowest BCUT2D eigenvalue weighted by Gasteiger charge is -2.14. The van der Waals surface area contributed by atoms with Gasteiger partial charge in [-0.3, -0.25) is 18.7 Å². The Bertz CT molecular complexity index is 1310. The van der Waals surface area contributed by atoms with Crippen LogP contribution in [0.25, 0.3) is 16.7 Å². The molecular weight excluding hydrogens is 470 g/mol. The number of ether oxygens (including phenoxy) is 1. The Labute approximate surface area is 186 Å². The predicted octanol–water partition coefficient (Wildman–Crippen LogP) is 3.66. The topological polar surface area (TPSA) is 69.8 Å². The van der Waals surface area contributed by atoms with Crippen LogP contribution in [0.3, 0.4) is 0 Å². The third-order valence-corrected chi connectivity index (χ3v) is 5.66. The minimum atomic E-state index is -0.0739. The van der Waals surface area contributed by atoms with Gasteiger partial charge in [0, 0.05) is 20.3 Å². The van der Waals surface area contributed by atoms with Gasteiger partial charge in [-0.1, -0.05) is 12.1 Å². The molecule has 4 rings (SSSR count). The van der Waals surface area contributed by atoms with E-state index in [2.05, 4.69) is 15.9 Å². The number of rotatable bonds is 8. The van der Waals surface area contributed by atoms with Gasteiger partial charge in [-0.15, -0.1) is 5.10 Å². The first kappa shape index (κ1) is 21.0. The zero-order chi connectivity index (χ0) is 21.3. The first-order chi connectivity index (χ1) is 14.5. The molecule has 0 unspecified atom stereocenters. The maximum atomic E-state index is 13.1. The summed E-state index contributed by atoms with van der Waals surface area (Å²) in [5.41, 5.74) is 0.685. The van der Waals surface area contributed by atoms with Crippen molar-refractivity contribution in [2.24, 2.45) is 0 Å². The fourth-order valence-electron chi connectivity index (χ4n) is 3.51. The Balaban J connectivity index is 1.77. The van der Waals surface area contributed by atoms with Crippen LogP contribution in [0.5, 0.6) is 0 Å². The third kappa shape index (κ3) is 4.00. The number of methoxy groups -OCH3 is 1. The summed E-state index contributed by atoms with van der Waals surface area (Å²) in [5, 5.41) is 5.32. The molecule has 4 aromatic rings. The predicted molar refractivity (Wildman–Crippen MR) is 120 cm³/mol. The molecule has 30 heavy (non-hydrogen) atoms. The van der Waals surface area contributed by atoms with Crippen molar-refractivity contribution in [3.8, 4) is 0 Å². The zero-order valence-electron chi connectivity index (χ0n) is 16.7. The molecule has 0 saturated heterocycles. The zero-order valence-corrected chi connectivity index (χ0v) is 19.1. The number of hydrogen-bond acceptors (Lipinski definition) is 6. The smallest absolute Gasteiger partial charge is 0.262 e. The second kappa shape index (κ2) is 8.84. The largest absolute Gasteiger partial charge is 0.453 e. The molecule has 10 heteroatoms. The molecule has 0 amide bonds. The van der Waals surface area contributed by atoms with Crippen molar-refractivity contribution in [1.29, 1.82) is 0 Å². The fraction of sp³-hybridized carbons (Fsp3) is 0.350. The Morgan fingerprint density at radius 2 is 2.07 bits per heavy atom. The lowest BCUT2D eigenvalue weighted by molar-refractivity contribution is 0.190. The van der Waals surface area contributed by atoms with Crippen molar-refractivity contribution in [2.75, 3.05) is 20.8 Å². The van der Waals surface area contributed by atoms with Gasteiger partial charge in [0.05, 0.1) is 24.1 Å². The highest BCUT2D eigenvalue weighted by Crippen LogP contribution is 2.17. The van der Waals surface area contributed by atoms with E-state index in [0.717, 1.165) is 11.3 Å².